The van der Waals surface area contributed by atoms with Gasteiger partial charge in [-0.25, -0.2) is 0 Å². The summed E-state index contributed by atoms with van der Waals surface area (Å²) in [4.78, 5) is 28.1. The van der Waals surface area contributed by atoms with Gasteiger partial charge in [0.1, 0.15) is 11.5 Å². The van der Waals surface area contributed by atoms with Gasteiger partial charge in [-0.1, -0.05) is 87.0 Å². The molecule has 1 aliphatic heterocycles. The minimum atomic E-state index is -0.687. The van der Waals surface area contributed by atoms with E-state index in [9.17, 15) is 14.7 Å². The van der Waals surface area contributed by atoms with Crippen molar-refractivity contribution in [2.45, 2.75) is 46.7 Å². The first-order chi connectivity index (χ1) is 17.3. The van der Waals surface area contributed by atoms with Crippen LogP contribution in [0.4, 0.5) is 0 Å². The van der Waals surface area contributed by atoms with Gasteiger partial charge in [0, 0.05) is 12.1 Å². The van der Waals surface area contributed by atoms with Crippen LogP contribution in [-0.2, 0) is 22.6 Å². The van der Waals surface area contributed by atoms with Crippen molar-refractivity contribution < 1.29 is 19.4 Å². The molecule has 0 aromatic heterocycles. The molecule has 1 N–H and O–H groups in total. The summed E-state index contributed by atoms with van der Waals surface area (Å²) in [5.41, 5.74) is 4.44. The lowest BCUT2D eigenvalue weighted by molar-refractivity contribution is -0.140. The Morgan fingerprint density at radius 2 is 1.64 bits per heavy atom. The molecule has 0 bridgehead atoms. The fourth-order valence-electron chi connectivity index (χ4n) is 4.43. The van der Waals surface area contributed by atoms with Crippen molar-refractivity contribution in [2.75, 3.05) is 6.61 Å². The minimum absolute atomic E-state index is 0.117. The van der Waals surface area contributed by atoms with Crippen molar-refractivity contribution in [2.24, 2.45) is 5.92 Å². The van der Waals surface area contributed by atoms with E-state index in [0.29, 0.717) is 18.1 Å². The monoisotopic (exact) mass is 483 g/mol. The number of hydrogen-bond acceptors (Lipinski definition) is 4. The minimum Gasteiger partial charge on any atom is -0.507 e. The van der Waals surface area contributed by atoms with E-state index in [-0.39, 0.29) is 17.9 Å². The van der Waals surface area contributed by atoms with Gasteiger partial charge < -0.3 is 14.7 Å². The van der Waals surface area contributed by atoms with Crippen LogP contribution in [0.3, 0.4) is 0 Å². The van der Waals surface area contributed by atoms with Crippen molar-refractivity contribution in [3.8, 4) is 5.75 Å². The summed E-state index contributed by atoms with van der Waals surface area (Å²) >= 11 is 0. The van der Waals surface area contributed by atoms with Crippen LogP contribution in [0.1, 0.15) is 54.6 Å². The van der Waals surface area contributed by atoms with Crippen LogP contribution in [0.5, 0.6) is 5.75 Å². The van der Waals surface area contributed by atoms with Gasteiger partial charge in [-0.15, -0.1) is 0 Å². The number of nitrogens with zero attached hydrogens (tertiary/aromatic N) is 1. The number of aliphatic hydroxyl groups is 1. The van der Waals surface area contributed by atoms with Crippen molar-refractivity contribution >= 4 is 17.4 Å². The van der Waals surface area contributed by atoms with Crippen LogP contribution in [0.25, 0.3) is 5.76 Å². The molecule has 186 valence electrons. The molecule has 1 atom stereocenters. The van der Waals surface area contributed by atoms with Crippen LogP contribution in [0, 0.1) is 12.8 Å². The number of carbonyl (C=O) groups excluding carboxylic acids is 2. The molecule has 5 heteroatoms. The standard InChI is InChI=1S/C31H33NO4/c1-5-22-9-13-24(14-10-22)29(33)27-28(25-8-6-7-21(4)17-25)32(31(35)30(27)34)18-23-11-15-26(16-12-23)36-19-20(2)3/h6-17,20,28,33H,5,18-19H2,1-4H3/b29-27-. The van der Waals surface area contributed by atoms with E-state index in [2.05, 4.69) is 20.8 Å². The SMILES string of the molecule is CCc1ccc(/C(O)=C2/C(=O)C(=O)N(Cc3ccc(OCC(C)C)cc3)C2c2cccc(C)c2)cc1. The number of aryl methyl sites for hydroxylation is 2. The van der Waals surface area contributed by atoms with Crippen LogP contribution < -0.4 is 4.74 Å². The number of ether oxygens (including phenoxy) is 1. The summed E-state index contributed by atoms with van der Waals surface area (Å²) in [7, 11) is 0. The highest BCUT2D eigenvalue weighted by Gasteiger charge is 2.46. The van der Waals surface area contributed by atoms with E-state index in [0.717, 1.165) is 34.4 Å². The van der Waals surface area contributed by atoms with Crippen LogP contribution in [-0.4, -0.2) is 28.3 Å². The van der Waals surface area contributed by atoms with Gasteiger partial charge in [0.15, 0.2) is 0 Å². The third-order valence-corrected chi connectivity index (χ3v) is 6.39. The Kier molecular flexibility index (Phi) is 7.58. The zero-order chi connectivity index (χ0) is 25.8. The summed E-state index contributed by atoms with van der Waals surface area (Å²) in [6, 6.07) is 22.1. The van der Waals surface area contributed by atoms with Gasteiger partial charge in [-0.05, 0) is 48.1 Å². The third-order valence-electron chi connectivity index (χ3n) is 6.39. The molecule has 3 aromatic rings. The van der Waals surface area contributed by atoms with E-state index >= 15 is 0 Å². The second-order valence-electron chi connectivity index (χ2n) is 9.74. The second kappa shape index (κ2) is 10.8. The summed E-state index contributed by atoms with van der Waals surface area (Å²) in [6.45, 7) is 9.07. The molecule has 0 radical (unpaired) electrons. The maximum absolute atomic E-state index is 13.3. The van der Waals surface area contributed by atoms with E-state index in [1.807, 2.05) is 67.6 Å². The molecule has 4 rings (SSSR count). The normalized spacial score (nSPS) is 17.1. The topological polar surface area (TPSA) is 66.8 Å². The molecule has 0 spiro atoms. The lowest BCUT2D eigenvalue weighted by Crippen LogP contribution is -2.29. The summed E-state index contributed by atoms with van der Waals surface area (Å²) in [5, 5.41) is 11.3. The first-order valence-corrected chi connectivity index (χ1v) is 12.4. The molecule has 0 aliphatic carbocycles. The molecule has 5 nitrogen and oxygen atoms in total. The van der Waals surface area contributed by atoms with Gasteiger partial charge >= 0.3 is 0 Å². The lowest BCUT2D eigenvalue weighted by atomic mass is 9.94. The zero-order valence-corrected chi connectivity index (χ0v) is 21.3. The van der Waals surface area contributed by atoms with Crippen LogP contribution >= 0.6 is 0 Å². The summed E-state index contributed by atoms with van der Waals surface area (Å²) in [5.74, 6) is -0.254. The Hall–Kier alpha value is -3.86. The van der Waals surface area contributed by atoms with Gasteiger partial charge in [0.25, 0.3) is 11.7 Å². The van der Waals surface area contributed by atoms with Gasteiger partial charge in [0.2, 0.25) is 0 Å². The highest BCUT2D eigenvalue weighted by atomic mass is 16.5. The Morgan fingerprint density at radius 1 is 0.972 bits per heavy atom. The first-order valence-electron chi connectivity index (χ1n) is 12.4. The molecule has 0 saturated carbocycles. The Labute approximate surface area is 213 Å². The second-order valence-corrected chi connectivity index (χ2v) is 9.74. The van der Waals surface area contributed by atoms with Crippen molar-refractivity contribution in [3.05, 3.63) is 106 Å². The predicted octanol–water partition coefficient (Wildman–Crippen LogP) is 6.21. The van der Waals surface area contributed by atoms with Gasteiger partial charge in [-0.2, -0.15) is 0 Å². The van der Waals surface area contributed by atoms with E-state index in [1.165, 1.54) is 0 Å². The Bertz CT molecular complexity index is 1270. The largest absolute Gasteiger partial charge is 0.507 e. The number of benzene rings is 3. The predicted molar refractivity (Wildman–Crippen MR) is 142 cm³/mol. The van der Waals surface area contributed by atoms with Crippen molar-refractivity contribution in [1.82, 2.24) is 4.90 Å². The van der Waals surface area contributed by atoms with Crippen LogP contribution in [0.2, 0.25) is 0 Å². The highest BCUT2D eigenvalue weighted by Crippen LogP contribution is 2.40. The number of ketones is 1. The fraction of sp³-hybridized carbons (Fsp3) is 0.290. The summed E-state index contributed by atoms with van der Waals surface area (Å²) < 4.78 is 5.77. The smallest absolute Gasteiger partial charge is 0.295 e. The molecule has 1 fully saturated rings. The number of aliphatic hydroxyl groups excluding tert-OH is 1. The average molecular weight is 484 g/mol. The molecule has 1 saturated heterocycles. The number of Topliss-reactive ketones (excluding diaryl/α,β-unsaturated/α-hetero) is 1. The van der Waals surface area contributed by atoms with E-state index in [1.54, 1.807) is 17.0 Å². The number of carbonyl (C=O) groups is 2. The van der Waals surface area contributed by atoms with E-state index < -0.39 is 17.7 Å². The number of hydrogen-bond donors (Lipinski definition) is 1. The molecule has 1 unspecified atom stereocenters. The zero-order valence-electron chi connectivity index (χ0n) is 21.3. The number of rotatable bonds is 8. The highest BCUT2D eigenvalue weighted by molar-refractivity contribution is 6.46. The average Bonchev–Trinajstić information content (AvgIpc) is 3.13. The third kappa shape index (κ3) is 5.35. The van der Waals surface area contributed by atoms with E-state index in [4.69, 9.17) is 4.74 Å². The molecule has 1 amide bonds. The molecule has 3 aromatic carbocycles. The van der Waals surface area contributed by atoms with Crippen molar-refractivity contribution in [3.63, 3.8) is 0 Å². The molecule has 1 aliphatic rings. The number of amides is 1. The lowest BCUT2D eigenvalue weighted by Gasteiger charge is -2.26. The molecule has 36 heavy (non-hydrogen) atoms. The Balaban J connectivity index is 1.73. The fourth-order valence-corrected chi connectivity index (χ4v) is 4.43. The first kappa shape index (κ1) is 25.2. The van der Waals surface area contributed by atoms with Gasteiger partial charge in [-0.3, -0.25) is 9.59 Å². The van der Waals surface area contributed by atoms with Gasteiger partial charge in [0.05, 0.1) is 18.2 Å². The molecular weight excluding hydrogens is 450 g/mol. The summed E-state index contributed by atoms with van der Waals surface area (Å²) in [6.07, 6.45) is 0.871. The maximum atomic E-state index is 13.3. The molecular formula is C31H33NO4. The Morgan fingerprint density at radius 3 is 2.25 bits per heavy atom. The maximum Gasteiger partial charge on any atom is 0.295 e. The van der Waals surface area contributed by atoms with Crippen LogP contribution in [0.15, 0.2) is 78.4 Å². The quantitative estimate of drug-likeness (QED) is 0.235. The number of likely N-dealkylation sites (tertiary alicyclic amines) is 1. The molecule has 1 heterocycles. The van der Waals surface area contributed by atoms with Crippen molar-refractivity contribution in [1.29, 1.82) is 0 Å².